The molecule has 0 aliphatic carbocycles. The van der Waals surface area contributed by atoms with E-state index < -0.39 is 0 Å². The van der Waals surface area contributed by atoms with Gasteiger partial charge in [0.15, 0.2) is 0 Å². The van der Waals surface area contributed by atoms with Crippen molar-refractivity contribution in [2.24, 2.45) is 0 Å². The Balaban J connectivity index is 2.85. The first-order valence-corrected chi connectivity index (χ1v) is 8.86. The molecule has 1 aliphatic heterocycles. The lowest BCUT2D eigenvalue weighted by molar-refractivity contribution is -0.141. The van der Waals surface area contributed by atoms with E-state index in [2.05, 4.69) is 0 Å². The van der Waals surface area contributed by atoms with Crippen LogP contribution in [0.25, 0.3) is 0 Å². The van der Waals surface area contributed by atoms with Crippen LogP contribution in [0.3, 0.4) is 0 Å². The van der Waals surface area contributed by atoms with Gasteiger partial charge in [-0.3, -0.25) is 0 Å². The smallest absolute Gasteiger partial charge is 0.115 e. The Kier molecular flexibility index (Phi) is 7.28. The maximum Gasteiger partial charge on any atom is 0.115 e. The van der Waals surface area contributed by atoms with E-state index in [-0.39, 0.29) is 41.2 Å². The van der Waals surface area contributed by atoms with Crippen LogP contribution in [0.2, 0.25) is 0 Å². The minimum absolute atomic E-state index is 0.171. The normalized spacial score (nSPS) is 29.2. The summed E-state index contributed by atoms with van der Waals surface area (Å²) in [6, 6.07) is 0. The van der Waals surface area contributed by atoms with Gasteiger partial charge in [0.25, 0.3) is 0 Å². The number of ether oxygens (including phenoxy) is 5. The van der Waals surface area contributed by atoms with E-state index in [0.29, 0.717) is 13.2 Å². The lowest BCUT2D eigenvalue weighted by Gasteiger charge is -2.32. The van der Waals surface area contributed by atoms with Crippen LogP contribution in [0.5, 0.6) is 0 Å². The topological polar surface area (TPSA) is 46.2 Å². The van der Waals surface area contributed by atoms with E-state index in [9.17, 15) is 0 Å². The Hall–Kier alpha value is -0.200. The summed E-state index contributed by atoms with van der Waals surface area (Å²) in [6.45, 7) is 19.3. The highest BCUT2D eigenvalue weighted by Gasteiger charge is 2.48. The SMILES string of the molecule is COC1C(COC(C)(C)C)OC(COC(C)(C)C)C1OC(C)(C)C. The van der Waals surface area contributed by atoms with Crippen LogP contribution < -0.4 is 0 Å². The minimum Gasteiger partial charge on any atom is -0.376 e. The van der Waals surface area contributed by atoms with Crippen LogP contribution in [0.15, 0.2) is 0 Å². The van der Waals surface area contributed by atoms with Crippen molar-refractivity contribution in [2.45, 2.75) is 104 Å². The van der Waals surface area contributed by atoms with Gasteiger partial charge in [0.2, 0.25) is 0 Å². The third-order valence-electron chi connectivity index (χ3n) is 3.53. The highest BCUT2D eigenvalue weighted by molar-refractivity contribution is 4.95. The largest absolute Gasteiger partial charge is 0.376 e. The summed E-state index contributed by atoms with van der Waals surface area (Å²) in [5.41, 5.74) is -0.731. The van der Waals surface area contributed by atoms with Gasteiger partial charge in [-0.05, 0) is 62.3 Å². The Labute approximate surface area is 148 Å². The molecule has 4 unspecified atom stereocenters. The predicted molar refractivity (Wildman–Crippen MR) is 95.5 cm³/mol. The molecule has 0 bridgehead atoms. The molecule has 0 aromatic heterocycles. The molecule has 0 N–H and O–H groups in total. The molecule has 0 spiro atoms. The molecule has 1 saturated heterocycles. The van der Waals surface area contributed by atoms with Crippen LogP contribution in [0.4, 0.5) is 0 Å². The first-order valence-electron chi connectivity index (χ1n) is 8.86. The molecule has 4 atom stereocenters. The van der Waals surface area contributed by atoms with Crippen LogP contribution in [0.1, 0.15) is 62.3 Å². The highest BCUT2D eigenvalue weighted by Crippen LogP contribution is 2.31. The van der Waals surface area contributed by atoms with E-state index >= 15 is 0 Å². The molecular formula is C19H38O5. The molecule has 5 heteroatoms. The average Bonchev–Trinajstić information content (AvgIpc) is 2.67. The zero-order valence-corrected chi connectivity index (χ0v) is 17.3. The Morgan fingerprint density at radius 3 is 1.42 bits per heavy atom. The lowest BCUT2D eigenvalue weighted by atomic mass is 10.1. The second-order valence-corrected chi connectivity index (χ2v) is 9.45. The van der Waals surface area contributed by atoms with Crippen LogP contribution in [-0.4, -0.2) is 61.5 Å². The summed E-state index contributed by atoms with van der Waals surface area (Å²) in [4.78, 5) is 0. The van der Waals surface area contributed by atoms with Crippen molar-refractivity contribution < 1.29 is 23.7 Å². The van der Waals surface area contributed by atoms with Crippen LogP contribution in [0, 0.1) is 0 Å². The van der Waals surface area contributed by atoms with E-state index in [4.69, 9.17) is 23.7 Å². The van der Waals surface area contributed by atoms with Crippen molar-refractivity contribution in [2.75, 3.05) is 20.3 Å². The summed E-state index contributed by atoms with van der Waals surface area (Å²) >= 11 is 0. The molecule has 1 heterocycles. The fourth-order valence-corrected chi connectivity index (χ4v) is 2.57. The zero-order valence-electron chi connectivity index (χ0n) is 17.3. The fourth-order valence-electron chi connectivity index (χ4n) is 2.57. The summed E-state index contributed by atoms with van der Waals surface area (Å²) in [5.74, 6) is 0. The molecule has 0 aromatic carbocycles. The van der Waals surface area contributed by atoms with Gasteiger partial charge in [-0.1, -0.05) is 0 Å². The molecule has 24 heavy (non-hydrogen) atoms. The van der Waals surface area contributed by atoms with Gasteiger partial charge in [0, 0.05) is 7.11 Å². The number of rotatable bonds is 6. The second-order valence-electron chi connectivity index (χ2n) is 9.45. The molecule has 144 valence electrons. The second kappa shape index (κ2) is 8.00. The number of hydrogen-bond acceptors (Lipinski definition) is 5. The minimum atomic E-state index is -0.287. The molecule has 0 amide bonds. The van der Waals surface area contributed by atoms with Crippen molar-refractivity contribution in [3.05, 3.63) is 0 Å². The zero-order chi connectivity index (χ0) is 18.8. The summed E-state index contributed by atoms with van der Waals surface area (Å²) in [6.07, 6.45) is -0.719. The molecule has 0 saturated carbocycles. The van der Waals surface area contributed by atoms with Gasteiger partial charge < -0.3 is 23.7 Å². The third kappa shape index (κ3) is 7.79. The molecule has 0 aromatic rings. The maximum absolute atomic E-state index is 6.26. The highest BCUT2D eigenvalue weighted by atomic mass is 16.6. The summed E-state index contributed by atoms with van der Waals surface area (Å²) in [7, 11) is 1.70. The van der Waals surface area contributed by atoms with E-state index in [1.165, 1.54) is 0 Å². The maximum atomic E-state index is 6.26. The molecule has 0 radical (unpaired) electrons. The van der Waals surface area contributed by atoms with Crippen molar-refractivity contribution in [1.29, 1.82) is 0 Å². The number of hydrogen-bond donors (Lipinski definition) is 0. The van der Waals surface area contributed by atoms with E-state index in [1.807, 2.05) is 62.3 Å². The van der Waals surface area contributed by atoms with Crippen LogP contribution in [-0.2, 0) is 23.7 Å². The van der Waals surface area contributed by atoms with Gasteiger partial charge >= 0.3 is 0 Å². The van der Waals surface area contributed by atoms with Gasteiger partial charge in [0.1, 0.15) is 24.4 Å². The Morgan fingerprint density at radius 1 is 0.667 bits per heavy atom. The van der Waals surface area contributed by atoms with Crippen molar-refractivity contribution in [3.63, 3.8) is 0 Å². The monoisotopic (exact) mass is 346 g/mol. The van der Waals surface area contributed by atoms with Gasteiger partial charge in [-0.15, -0.1) is 0 Å². The lowest BCUT2D eigenvalue weighted by Crippen LogP contribution is -2.44. The van der Waals surface area contributed by atoms with E-state index in [0.717, 1.165) is 0 Å². The third-order valence-corrected chi connectivity index (χ3v) is 3.53. The first-order chi connectivity index (χ1) is 10.7. The predicted octanol–water partition coefficient (Wildman–Crippen LogP) is 3.58. The summed E-state index contributed by atoms with van der Waals surface area (Å²) in [5, 5.41) is 0. The van der Waals surface area contributed by atoms with Gasteiger partial charge in [-0.25, -0.2) is 0 Å². The number of methoxy groups -OCH3 is 1. The van der Waals surface area contributed by atoms with Crippen molar-refractivity contribution in [3.8, 4) is 0 Å². The van der Waals surface area contributed by atoms with Gasteiger partial charge in [0.05, 0.1) is 30.0 Å². The van der Waals surface area contributed by atoms with Gasteiger partial charge in [-0.2, -0.15) is 0 Å². The fraction of sp³-hybridized carbons (Fsp3) is 1.00. The quantitative estimate of drug-likeness (QED) is 0.735. The Morgan fingerprint density at radius 2 is 1.08 bits per heavy atom. The van der Waals surface area contributed by atoms with Crippen molar-refractivity contribution in [1.82, 2.24) is 0 Å². The standard InChI is InChI=1S/C19H38O5/c1-17(2,3)21-11-13-15(20-10)16(24-19(7,8)9)14(23-13)12-22-18(4,5)6/h13-16H,11-12H2,1-10H3. The molecule has 1 rings (SSSR count). The molecular weight excluding hydrogens is 308 g/mol. The molecule has 1 aliphatic rings. The Bertz CT molecular complexity index is 375. The average molecular weight is 347 g/mol. The first kappa shape index (κ1) is 21.8. The van der Waals surface area contributed by atoms with Crippen molar-refractivity contribution >= 4 is 0 Å². The molecule has 1 fully saturated rings. The van der Waals surface area contributed by atoms with Crippen LogP contribution >= 0.6 is 0 Å². The van der Waals surface area contributed by atoms with E-state index in [1.54, 1.807) is 7.11 Å². The molecule has 5 nitrogen and oxygen atoms in total. The summed E-state index contributed by atoms with van der Waals surface area (Å²) < 4.78 is 30.1.